The SMILES string of the molecule is C/C=C\C(=C/C)c1ccc(C(N)NC(NC(C)c2ccccc2)c2ccccc2)cc1.C=C1/C(C)=c2\cccc\c2=C\C=CN(C)/C=C\c2ccccc21.CC.Cc1ccccc1C. The van der Waals surface area contributed by atoms with Crippen LogP contribution >= 0.6 is 0 Å². The number of fused-ring (bicyclic) bond motifs is 2. The number of allylic oxidation sites excluding steroid dienone is 6. The summed E-state index contributed by atoms with van der Waals surface area (Å²) in [6, 6.07) is 54.7. The number of benzene rings is 6. The van der Waals surface area contributed by atoms with Crippen molar-refractivity contribution < 1.29 is 0 Å². The van der Waals surface area contributed by atoms with Gasteiger partial charge in [0.2, 0.25) is 0 Å². The molecule has 1 aliphatic heterocycles. The number of hydrogen-bond donors (Lipinski definition) is 3. The van der Waals surface area contributed by atoms with Gasteiger partial charge in [0.25, 0.3) is 0 Å². The van der Waals surface area contributed by atoms with Gasteiger partial charge in [0.15, 0.2) is 0 Å². The second-order valence-corrected chi connectivity index (χ2v) is 15.5. The van der Waals surface area contributed by atoms with E-state index in [1.807, 2.05) is 40.0 Å². The van der Waals surface area contributed by atoms with Gasteiger partial charge in [-0.25, -0.2) is 0 Å². The molecule has 3 unspecified atom stereocenters. The Morgan fingerprint density at radius 2 is 1.20 bits per heavy atom. The summed E-state index contributed by atoms with van der Waals surface area (Å²) < 4.78 is 0. The molecule has 4 nitrogen and oxygen atoms in total. The molecular formula is C60H70N4. The number of nitrogens with zero attached hydrogens (tertiary/aromatic N) is 1. The number of hydrogen-bond acceptors (Lipinski definition) is 4. The summed E-state index contributed by atoms with van der Waals surface area (Å²) in [5, 5.41) is 9.70. The minimum atomic E-state index is -0.300. The van der Waals surface area contributed by atoms with Crippen molar-refractivity contribution in [1.82, 2.24) is 15.5 Å². The monoisotopic (exact) mass is 847 g/mol. The van der Waals surface area contributed by atoms with Gasteiger partial charge < -0.3 is 10.6 Å². The van der Waals surface area contributed by atoms with Crippen LogP contribution in [0.2, 0.25) is 0 Å². The quantitative estimate of drug-likeness (QED) is 0.100. The van der Waals surface area contributed by atoms with Crippen LogP contribution in [-0.2, 0) is 0 Å². The lowest BCUT2D eigenvalue weighted by molar-refractivity contribution is 0.356. The Hall–Kier alpha value is -6.56. The molecule has 0 saturated heterocycles. The zero-order valence-electron chi connectivity index (χ0n) is 39.6. The second-order valence-electron chi connectivity index (χ2n) is 15.5. The molecule has 3 atom stereocenters. The fourth-order valence-electron chi connectivity index (χ4n) is 7.13. The molecule has 0 radical (unpaired) electrons. The molecule has 1 aliphatic rings. The molecule has 64 heavy (non-hydrogen) atoms. The van der Waals surface area contributed by atoms with Crippen molar-refractivity contribution in [2.24, 2.45) is 5.73 Å². The van der Waals surface area contributed by atoms with E-state index in [1.165, 1.54) is 55.0 Å². The first-order chi connectivity index (χ1) is 31.1. The van der Waals surface area contributed by atoms with Gasteiger partial charge in [-0.2, -0.15) is 0 Å². The maximum absolute atomic E-state index is 6.59. The molecule has 6 aromatic carbocycles. The van der Waals surface area contributed by atoms with Crippen LogP contribution in [0.4, 0.5) is 0 Å². The van der Waals surface area contributed by atoms with Crippen LogP contribution in [0.3, 0.4) is 0 Å². The van der Waals surface area contributed by atoms with Gasteiger partial charge >= 0.3 is 0 Å². The third-order valence-corrected chi connectivity index (χ3v) is 11.1. The van der Waals surface area contributed by atoms with Gasteiger partial charge in [-0.1, -0.05) is 202 Å². The highest BCUT2D eigenvalue weighted by molar-refractivity contribution is 5.97. The topological polar surface area (TPSA) is 53.3 Å². The standard InChI is InChI=1S/C28H33N3.C22H21N.C8H10.C2H6/c1-4-12-22(5-2)24-17-19-25(20-18-24)27(29)31-28(26-15-10-7-11-16-26)30-21(3)23-13-8-6-9-14-23;1-17-18(2)22-13-7-5-10-20(22)14-16-23(3)15-8-11-19-9-4-6-12-21(17)19;1-7-5-3-4-6-8(7)2;1-2/h4-21,27-28,30-31H,29H2,1-3H3;4-16H,2H2,1,3H3;3-6H,1-2H3;1-2H3/b12-4-,22-5+;15-8?,16-14-,19-11-,21-17+;;. The zero-order valence-corrected chi connectivity index (χ0v) is 39.6. The van der Waals surface area contributed by atoms with Crippen molar-refractivity contribution in [3.05, 3.63) is 256 Å². The Kier molecular flexibility index (Phi) is 21.0. The molecule has 7 rings (SSSR count). The number of nitrogens with one attached hydrogen (secondary N) is 2. The first-order valence-electron chi connectivity index (χ1n) is 22.5. The van der Waals surface area contributed by atoms with E-state index < -0.39 is 0 Å². The van der Waals surface area contributed by atoms with Crippen molar-refractivity contribution >= 4 is 28.9 Å². The van der Waals surface area contributed by atoms with E-state index in [0.717, 1.165) is 16.7 Å². The van der Waals surface area contributed by atoms with Crippen LogP contribution in [0.15, 0.2) is 201 Å². The summed E-state index contributed by atoms with van der Waals surface area (Å²) in [4.78, 5) is 2.05. The highest BCUT2D eigenvalue weighted by Gasteiger charge is 2.19. The highest BCUT2D eigenvalue weighted by Crippen LogP contribution is 2.26. The van der Waals surface area contributed by atoms with Crippen LogP contribution in [0.1, 0.15) is 104 Å². The van der Waals surface area contributed by atoms with Crippen LogP contribution in [-0.4, -0.2) is 11.9 Å². The Morgan fingerprint density at radius 3 is 1.81 bits per heavy atom. The molecule has 0 aliphatic carbocycles. The summed E-state index contributed by atoms with van der Waals surface area (Å²) >= 11 is 0. The minimum Gasteiger partial charge on any atom is -0.357 e. The van der Waals surface area contributed by atoms with Gasteiger partial charge in [0.05, 0.1) is 12.3 Å². The predicted octanol–water partition coefficient (Wildman–Crippen LogP) is 13.4. The van der Waals surface area contributed by atoms with Gasteiger partial charge in [0, 0.05) is 25.5 Å². The number of nitrogens with two attached hydrogens (primary N) is 1. The van der Waals surface area contributed by atoms with E-state index in [0.29, 0.717) is 0 Å². The van der Waals surface area contributed by atoms with Crippen LogP contribution < -0.4 is 26.8 Å². The second kappa shape index (κ2) is 26.8. The summed E-state index contributed by atoms with van der Waals surface area (Å²) in [5.74, 6) is 0. The molecule has 330 valence electrons. The molecule has 1 heterocycles. The summed E-state index contributed by atoms with van der Waals surface area (Å²) in [5.41, 5.74) is 19.8. The first-order valence-corrected chi connectivity index (χ1v) is 22.5. The Morgan fingerprint density at radius 1 is 0.641 bits per heavy atom. The van der Waals surface area contributed by atoms with Crippen molar-refractivity contribution in [3.8, 4) is 0 Å². The van der Waals surface area contributed by atoms with E-state index in [1.54, 1.807) is 0 Å². The van der Waals surface area contributed by atoms with E-state index in [-0.39, 0.29) is 18.4 Å². The largest absolute Gasteiger partial charge is 0.357 e. The van der Waals surface area contributed by atoms with Crippen molar-refractivity contribution in [2.75, 3.05) is 7.05 Å². The Balaban J connectivity index is 0.000000237. The average molecular weight is 847 g/mol. The van der Waals surface area contributed by atoms with Crippen molar-refractivity contribution in [2.45, 2.75) is 73.8 Å². The predicted molar refractivity (Wildman–Crippen MR) is 280 cm³/mol. The highest BCUT2D eigenvalue weighted by atomic mass is 15.2. The fourth-order valence-corrected chi connectivity index (χ4v) is 7.13. The molecule has 0 fully saturated rings. The molecule has 0 aromatic heterocycles. The molecular weight excluding hydrogens is 777 g/mol. The van der Waals surface area contributed by atoms with Crippen molar-refractivity contribution in [1.29, 1.82) is 0 Å². The molecule has 0 saturated carbocycles. The molecule has 4 heteroatoms. The van der Waals surface area contributed by atoms with Gasteiger partial charge in [-0.15, -0.1) is 0 Å². The third kappa shape index (κ3) is 15.1. The molecule has 0 amide bonds. The smallest absolute Gasteiger partial charge is 0.0854 e. The van der Waals surface area contributed by atoms with E-state index in [4.69, 9.17) is 5.73 Å². The average Bonchev–Trinajstić information content (AvgIpc) is 3.34. The number of aryl methyl sites for hydroxylation is 2. The summed E-state index contributed by atoms with van der Waals surface area (Å²) in [7, 11) is 2.04. The third-order valence-electron chi connectivity index (χ3n) is 11.1. The number of rotatable bonds is 9. The normalized spacial score (nSPS) is 15.6. The van der Waals surface area contributed by atoms with Crippen LogP contribution in [0.25, 0.3) is 28.9 Å². The van der Waals surface area contributed by atoms with Gasteiger partial charge in [0.1, 0.15) is 0 Å². The Labute approximate surface area is 385 Å². The van der Waals surface area contributed by atoms with Gasteiger partial charge in [-0.05, 0) is 125 Å². The maximum atomic E-state index is 6.59. The molecule has 0 bridgehead atoms. The van der Waals surface area contributed by atoms with Gasteiger partial charge in [-0.3, -0.25) is 10.6 Å². The minimum absolute atomic E-state index is 0.0831. The zero-order chi connectivity index (χ0) is 46.3. The Bertz CT molecular complexity index is 2560. The van der Waals surface area contributed by atoms with E-state index >= 15 is 0 Å². The lowest BCUT2D eigenvalue weighted by Gasteiger charge is -2.28. The maximum Gasteiger partial charge on any atom is 0.0854 e. The first kappa shape index (κ1) is 50.1. The fraction of sp³-hybridized carbons (Fsp3) is 0.200. The lowest BCUT2D eigenvalue weighted by Crippen LogP contribution is -2.40. The van der Waals surface area contributed by atoms with Crippen LogP contribution in [0.5, 0.6) is 0 Å². The molecule has 6 aromatic rings. The van der Waals surface area contributed by atoms with E-state index in [2.05, 4.69) is 251 Å². The summed E-state index contributed by atoms with van der Waals surface area (Å²) in [6.45, 7) is 21.0. The summed E-state index contributed by atoms with van der Waals surface area (Å²) in [6.07, 6.45) is 16.4. The van der Waals surface area contributed by atoms with Crippen LogP contribution in [0, 0.1) is 13.8 Å². The molecule has 4 N–H and O–H groups in total. The van der Waals surface area contributed by atoms with E-state index in [9.17, 15) is 0 Å². The lowest BCUT2D eigenvalue weighted by atomic mass is 9.94. The molecule has 0 spiro atoms. The van der Waals surface area contributed by atoms with Crippen molar-refractivity contribution in [3.63, 3.8) is 0 Å².